The van der Waals surface area contributed by atoms with E-state index in [-0.39, 0.29) is 24.0 Å². The van der Waals surface area contributed by atoms with E-state index >= 15 is 0 Å². The molecule has 1 aromatic rings. The zero-order chi connectivity index (χ0) is 14.4. The number of likely N-dealkylation sites (N-methyl/N-ethyl adjacent to an activating group) is 1. The first-order chi connectivity index (χ1) is 9.70. The molecule has 4 nitrogen and oxygen atoms in total. The van der Waals surface area contributed by atoms with Crippen LogP contribution in [0.15, 0.2) is 22.5 Å². The maximum atomic E-state index is 4.75. The van der Waals surface area contributed by atoms with Crippen LogP contribution >= 0.6 is 35.3 Å². The zero-order valence-electron chi connectivity index (χ0n) is 13.1. The molecule has 2 rings (SSSR count). The van der Waals surface area contributed by atoms with Crippen LogP contribution in [0.3, 0.4) is 0 Å². The normalized spacial score (nSPS) is 16.5. The van der Waals surface area contributed by atoms with Crippen molar-refractivity contribution in [1.29, 1.82) is 0 Å². The molecular weight excluding hydrogens is 395 g/mol. The molecule has 0 amide bonds. The van der Waals surface area contributed by atoms with Crippen molar-refractivity contribution in [2.24, 2.45) is 10.9 Å². The van der Waals surface area contributed by atoms with Crippen LogP contribution in [0.2, 0.25) is 0 Å². The van der Waals surface area contributed by atoms with E-state index in [9.17, 15) is 0 Å². The lowest BCUT2D eigenvalue weighted by Gasteiger charge is -2.22. The average Bonchev–Trinajstić information content (AvgIpc) is 3.10. The maximum Gasteiger partial charge on any atom is 0.191 e. The molecule has 1 aromatic heterocycles. The fraction of sp³-hybridized carbons (Fsp3) is 0.667. The third kappa shape index (κ3) is 6.52. The molecule has 1 fully saturated rings. The number of rotatable bonds is 7. The van der Waals surface area contributed by atoms with Crippen LogP contribution in [0.25, 0.3) is 0 Å². The molecular formula is C15H27IN4S. The number of aliphatic imine (C=N–C) groups is 1. The van der Waals surface area contributed by atoms with Crippen molar-refractivity contribution in [2.45, 2.75) is 25.8 Å². The summed E-state index contributed by atoms with van der Waals surface area (Å²) >= 11 is 1.80. The first-order valence-corrected chi connectivity index (χ1v) is 8.30. The molecule has 6 heteroatoms. The molecule has 1 aliphatic rings. The van der Waals surface area contributed by atoms with E-state index in [0.29, 0.717) is 6.04 Å². The van der Waals surface area contributed by atoms with Crippen molar-refractivity contribution < 1.29 is 0 Å². The lowest BCUT2D eigenvalue weighted by Crippen LogP contribution is -2.39. The average molecular weight is 422 g/mol. The second-order valence-corrected chi connectivity index (χ2v) is 6.52. The van der Waals surface area contributed by atoms with Gasteiger partial charge >= 0.3 is 0 Å². The van der Waals surface area contributed by atoms with E-state index < -0.39 is 0 Å². The van der Waals surface area contributed by atoms with Crippen LogP contribution in [-0.2, 0) is 0 Å². The first-order valence-electron chi connectivity index (χ1n) is 7.42. The largest absolute Gasteiger partial charge is 0.357 e. The van der Waals surface area contributed by atoms with E-state index in [2.05, 4.69) is 54.1 Å². The summed E-state index contributed by atoms with van der Waals surface area (Å²) in [6.07, 6.45) is 2.73. The highest BCUT2D eigenvalue weighted by Crippen LogP contribution is 2.27. The lowest BCUT2D eigenvalue weighted by atomic mass is 10.2. The van der Waals surface area contributed by atoms with Gasteiger partial charge in [0, 0.05) is 18.0 Å². The number of thiophene rings is 1. The molecule has 0 aliphatic heterocycles. The minimum Gasteiger partial charge on any atom is -0.357 e. The monoisotopic (exact) mass is 422 g/mol. The van der Waals surface area contributed by atoms with Gasteiger partial charge in [-0.25, -0.2) is 0 Å². The van der Waals surface area contributed by atoms with Crippen LogP contribution in [0, 0.1) is 5.92 Å². The van der Waals surface area contributed by atoms with Crippen molar-refractivity contribution in [3.63, 3.8) is 0 Å². The summed E-state index contributed by atoms with van der Waals surface area (Å²) in [5, 5.41) is 8.91. The summed E-state index contributed by atoms with van der Waals surface area (Å²) in [5.41, 5.74) is 0. The minimum absolute atomic E-state index is 0. The van der Waals surface area contributed by atoms with E-state index in [0.717, 1.165) is 31.5 Å². The van der Waals surface area contributed by atoms with E-state index in [1.807, 2.05) is 0 Å². The van der Waals surface area contributed by atoms with Gasteiger partial charge in [-0.15, -0.1) is 35.3 Å². The van der Waals surface area contributed by atoms with E-state index in [1.165, 1.54) is 17.7 Å². The number of nitrogens with one attached hydrogen (secondary N) is 2. The summed E-state index contributed by atoms with van der Waals surface area (Å²) in [4.78, 5) is 8.36. The fourth-order valence-electron chi connectivity index (χ4n) is 2.07. The molecule has 1 heterocycles. The number of hydrogen-bond donors (Lipinski definition) is 2. The van der Waals surface area contributed by atoms with Gasteiger partial charge in [0.25, 0.3) is 0 Å². The minimum atomic E-state index is 0. The summed E-state index contributed by atoms with van der Waals surface area (Å²) in [6.45, 7) is 4.85. The highest BCUT2D eigenvalue weighted by Gasteiger charge is 2.21. The summed E-state index contributed by atoms with van der Waals surface area (Å²) in [5.74, 6) is 1.81. The van der Waals surface area contributed by atoms with Gasteiger partial charge in [0.1, 0.15) is 0 Å². The second kappa shape index (κ2) is 9.63. The van der Waals surface area contributed by atoms with Crippen LogP contribution in [0.5, 0.6) is 0 Å². The lowest BCUT2D eigenvalue weighted by molar-refractivity contribution is 0.310. The van der Waals surface area contributed by atoms with E-state index in [1.54, 1.807) is 11.3 Å². The van der Waals surface area contributed by atoms with Crippen molar-refractivity contribution in [3.05, 3.63) is 22.4 Å². The Labute approximate surface area is 149 Å². The molecule has 2 N–H and O–H groups in total. The topological polar surface area (TPSA) is 39.7 Å². The predicted octanol–water partition coefficient (Wildman–Crippen LogP) is 2.93. The Bertz CT molecular complexity index is 415. The highest BCUT2D eigenvalue weighted by atomic mass is 127. The van der Waals surface area contributed by atoms with E-state index in [4.69, 9.17) is 4.99 Å². The van der Waals surface area contributed by atoms with Gasteiger partial charge < -0.3 is 15.5 Å². The molecule has 0 spiro atoms. The fourth-order valence-corrected chi connectivity index (χ4v) is 2.98. The van der Waals surface area contributed by atoms with Gasteiger partial charge in [-0.3, -0.25) is 4.99 Å². The molecule has 0 aromatic carbocycles. The molecule has 1 unspecified atom stereocenters. The Balaban J connectivity index is 0.00000220. The van der Waals surface area contributed by atoms with Crippen molar-refractivity contribution in [2.75, 3.05) is 33.7 Å². The summed E-state index contributed by atoms with van der Waals surface area (Å²) in [7, 11) is 4.23. The molecule has 1 saturated carbocycles. The smallest absolute Gasteiger partial charge is 0.191 e. The van der Waals surface area contributed by atoms with Crippen LogP contribution in [-0.4, -0.2) is 44.6 Å². The molecule has 0 saturated heterocycles. The number of halogens is 1. The Morgan fingerprint density at radius 2 is 2.19 bits per heavy atom. The number of hydrogen-bond acceptors (Lipinski definition) is 3. The summed E-state index contributed by atoms with van der Waals surface area (Å²) < 4.78 is 0. The predicted molar refractivity (Wildman–Crippen MR) is 103 cm³/mol. The van der Waals surface area contributed by atoms with Gasteiger partial charge in [-0.2, -0.15) is 0 Å². The van der Waals surface area contributed by atoms with Gasteiger partial charge in [0.05, 0.1) is 12.6 Å². The molecule has 0 radical (unpaired) electrons. The Morgan fingerprint density at radius 3 is 2.71 bits per heavy atom. The van der Waals surface area contributed by atoms with Crippen molar-refractivity contribution in [1.82, 2.24) is 15.5 Å². The van der Waals surface area contributed by atoms with Crippen LogP contribution < -0.4 is 10.6 Å². The highest BCUT2D eigenvalue weighted by molar-refractivity contribution is 14.0. The van der Waals surface area contributed by atoms with Crippen LogP contribution in [0.1, 0.15) is 30.7 Å². The number of guanidine groups is 1. The molecule has 1 aliphatic carbocycles. The molecule has 120 valence electrons. The summed E-state index contributed by atoms with van der Waals surface area (Å²) in [6, 6.07) is 4.65. The SMILES string of the molecule is CCNC(=NCC(c1cccs1)N(C)C)NCC1CC1.I. The maximum absolute atomic E-state index is 4.75. The molecule has 21 heavy (non-hydrogen) atoms. The standard InChI is InChI=1S/C15H26N4S.HI/c1-4-16-15(17-10-12-7-8-12)18-11-13(19(2)3)14-6-5-9-20-14;/h5-6,9,12-13H,4,7-8,10-11H2,1-3H3,(H2,16,17,18);1H. The van der Waals surface area contributed by atoms with Gasteiger partial charge in [0.2, 0.25) is 0 Å². The Hall–Kier alpha value is -0.340. The third-order valence-corrected chi connectivity index (χ3v) is 4.49. The number of nitrogens with zero attached hydrogens (tertiary/aromatic N) is 2. The van der Waals surface area contributed by atoms with Gasteiger partial charge in [0.15, 0.2) is 5.96 Å². The van der Waals surface area contributed by atoms with Gasteiger partial charge in [-0.1, -0.05) is 6.07 Å². The van der Waals surface area contributed by atoms with Crippen LogP contribution in [0.4, 0.5) is 0 Å². The third-order valence-electron chi connectivity index (χ3n) is 3.52. The Kier molecular flexibility index (Phi) is 8.58. The van der Waals surface area contributed by atoms with Gasteiger partial charge in [-0.05, 0) is 51.2 Å². The van der Waals surface area contributed by atoms with Crippen molar-refractivity contribution in [3.8, 4) is 0 Å². The zero-order valence-corrected chi connectivity index (χ0v) is 16.3. The Morgan fingerprint density at radius 1 is 1.43 bits per heavy atom. The molecule has 1 atom stereocenters. The van der Waals surface area contributed by atoms with Crippen molar-refractivity contribution >= 4 is 41.3 Å². The first kappa shape index (κ1) is 18.7. The quantitative estimate of drug-likeness (QED) is 0.403. The second-order valence-electron chi connectivity index (χ2n) is 5.54. The molecule has 0 bridgehead atoms.